The first-order valence-corrected chi connectivity index (χ1v) is 6.09. The van der Waals surface area contributed by atoms with Crippen LogP contribution in [0.4, 0.5) is 29.5 Å². The molecule has 2 amide bonds. The maximum Gasteiger partial charge on any atom is 0.416 e. The van der Waals surface area contributed by atoms with Crippen molar-refractivity contribution in [3.8, 4) is 0 Å². The largest absolute Gasteiger partial charge is 0.416 e. The monoisotopic (exact) mass is 315 g/mol. The molecule has 1 heterocycles. The van der Waals surface area contributed by atoms with E-state index in [-0.39, 0.29) is 11.5 Å². The molecule has 0 aliphatic carbocycles. The van der Waals surface area contributed by atoms with Gasteiger partial charge in [0.05, 0.1) is 5.56 Å². The molecule has 110 valence electrons. The summed E-state index contributed by atoms with van der Waals surface area (Å²) in [6.07, 6.45) is -3.00. The van der Waals surface area contributed by atoms with Crippen molar-refractivity contribution in [3.05, 3.63) is 53.2 Å². The van der Waals surface area contributed by atoms with E-state index in [2.05, 4.69) is 15.6 Å². The zero-order valence-corrected chi connectivity index (χ0v) is 11.2. The number of pyridine rings is 1. The van der Waals surface area contributed by atoms with E-state index in [9.17, 15) is 18.0 Å². The molecule has 8 heteroatoms. The zero-order chi connectivity index (χ0) is 15.5. The molecule has 2 aromatic rings. The molecule has 0 saturated heterocycles. The van der Waals surface area contributed by atoms with Crippen molar-refractivity contribution < 1.29 is 18.0 Å². The molecule has 21 heavy (non-hydrogen) atoms. The number of nitrogens with zero attached hydrogens (tertiary/aromatic N) is 1. The van der Waals surface area contributed by atoms with Gasteiger partial charge in [-0.1, -0.05) is 11.6 Å². The number of hydrogen-bond donors (Lipinski definition) is 2. The highest BCUT2D eigenvalue weighted by atomic mass is 35.5. The van der Waals surface area contributed by atoms with Crippen LogP contribution in [0.25, 0.3) is 0 Å². The van der Waals surface area contributed by atoms with Gasteiger partial charge in [-0.25, -0.2) is 9.78 Å². The van der Waals surface area contributed by atoms with Gasteiger partial charge in [-0.2, -0.15) is 13.2 Å². The van der Waals surface area contributed by atoms with Crippen molar-refractivity contribution in [3.63, 3.8) is 0 Å². The van der Waals surface area contributed by atoms with Crippen LogP contribution >= 0.6 is 11.6 Å². The van der Waals surface area contributed by atoms with Crippen molar-refractivity contribution in [1.29, 1.82) is 0 Å². The average molecular weight is 316 g/mol. The van der Waals surface area contributed by atoms with Crippen LogP contribution in [-0.4, -0.2) is 11.0 Å². The fraction of sp³-hybridized carbons (Fsp3) is 0.0769. The third-order valence-corrected chi connectivity index (χ3v) is 2.67. The standard InChI is InChI=1S/C13H9ClF3N3O/c14-9-5-6-18-11(7-9)20-12(21)19-10-3-1-8(2-4-10)13(15,16)17/h1-7H,(H2,18,19,20,21). The summed E-state index contributed by atoms with van der Waals surface area (Å²) in [7, 11) is 0. The van der Waals surface area contributed by atoms with E-state index in [4.69, 9.17) is 11.6 Å². The number of urea groups is 1. The summed E-state index contributed by atoms with van der Waals surface area (Å²) in [6.45, 7) is 0. The summed E-state index contributed by atoms with van der Waals surface area (Å²) in [6, 6.07) is 6.43. The molecule has 2 rings (SSSR count). The molecule has 0 fully saturated rings. The van der Waals surface area contributed by atoms with Gasteiger partial charge in [-0.15, -0.1) is 0 Å². The van der Waals surface area contributed by atoms with Crippen molar-refractivity contribution in [2.45, 2.75) is 6.18 Å². The average Bonchev–Trinajstić information content (AvgIpc) is 2.38. The lowest BCUT2D eigenvalue weighted by Crippen LogP contribution is -2.20. The highest BCUT2D eigenvalue weighted by Gasteiger charge is 2.29. The van der Waals surface area contributed by atoms with Crippen molar-refractivity contribution in [1.82, 2.24) is 4.98 Å². The van der Waals surface area contributed by atoms with E-state index in [1.54, 1.807) is 6.07 Å². The minimum Gasteiger partial charge on any atom is -0.308 e. The molecule has 0 radical (unpaired) electrons. The summed E-state index contributed by atoms with van der Waals surface area (Å²) >= 11 is 5.73. The Bertz CT molecular complexity index is 644. The quantitative estimate of drug-likeness (QED) is 0.863. The van der Waals surface area contributed by atoms with E-state index in [1.807, 2.05) is 0 Å². The third kappa shape index (κ3) is 4.35. The van der Waals surface area contributed by atoms with Gasteiger partial charge >= 0.3 is 12.2 Å². The lowest BCUT2D eigenvalue weighted by molar-refractivity contribution is -0.137. The minimum atomic E-state index is -4.41. The molecule has 0 bridgehead atoms. The lowest BCUT2D eigenvalue weighted by Gasteiger charge is -2.09. The Morgan fingerprint density at radius 3 is 2.33 bits per heavy atom. The number of carbonyl (C=O) groups excluding carboxylic acids is 1. The Hall–Kier alpha value is -2.28. The van der Waals surface area contributed by atoms with Crippen LogP contribution in [0.2, 0.25) is 5.02 Å². The highest BCUT2D eigenvalue weighted by Crippen LogP contribution is 2.29. The number of carbonyl (C=O) groups is 1. The molecule has 4 nitrogen and oxygen atoms in total. The number of amides is 2. The minimum absolute atomic E-state index is 0.225. The summed E-state index contributed by atoms with van der Waals surface area (Å²) in [5.41, 5.74) is -0.563. The van der Waals surface area contributed by atoms with E-state index in [0.717, 1.165) is 24.3 Å². The number of anilines is 2. The van der Waals surface area contributed by atoms with Crippen LogP contribution in [0.3, 0.4) is 0 Å². The molecule has 0 atom stereocenters. The molecular weight excluding hydrogens is 307 g/mol. The first kappa shape index (κ1) is 15.1. The second-order valence-corrected chi connectivity index (χ2v) is 4.45. The Kier molecular flexibility index (Phi) is 4.32. The first-order valence-electron chi connectivity index (χ1n) is 5.71. The van der Waals surface area contributed by atoms with Crippen LogP contribution < -0.4 is 10.6 Å². The van der Waals surface area contributed by atoms with Gasteiger partial charge in [-0.05, 0) is 36.4 Å². The van der Waals surface area contributed by atoms with Crippen molar-refractivity contribution in [2.75, 3.05) is 10.6 Å². The summed E-state index contributed by atoms with van der Waals surface area (Å²) in [5, 5.41) is 5.19. The van der Waals surface area contributed by atoms with Gasteiger partial charge in [0.2, 0.25) is 0 Å². The predicted octanol–water partition coefficient (Wildman–Crippen LogP) is 4.40. The van der Waals surface area contributed by atoms with Crippen LogP contribution in [0.1, 0.15) is 5.56 Å². The van der Waals surface area contributed by atoms with E-state index >= 15 is 0 Å². The molecule has 0 aliphatic rings. The van der Waals surface area contributed by atoms with E-state index < -0.39 is 17.8 Å². The highest BCUT2D eigenvalue weighted by molar-refractivity contribution is 6.30. The van der Waals surface area contributed by atoms with E-state index in [0.29, 0.717) is 5.02 Å². The molecule has 0 unspecified atom stereocenters. The van der Waals surface area contributed by atoms with Crippen molar-refractivity contribution in [2.24, 2.45) is 0 Å². The normalized spacial score (nSPS) is 11.0. The second-order valence-electron chi connectivity index (χ2n) is 4.01. The van der Waals surface area contributed by atoms with Gasteiger partial charge in [0.1, 0.15) is 5.82 Å². The summed E-state index contributed by atoms with van der Waals surface area (Å²) < 4.78 is 37.2. The maximum absolute atomic E-state index is 12.4. The number of benzene rings is 1. The number of aromatic nitrogens is 1. The van der Waals surface area contributed by atoms with Gasteiger partial charge < -0.3 is 5.32 Å². The number of alkyl halides is 3. The van der Waals surface area contributed by atoms with Gasteiger partial charge in [0.25, 0.3) is 0 Å². The van der Waals surface area contributed by atoms with E-state index in [1.165, 1.54) is 12.3 Å². The number of rotatable bonds is 2. The van der Waals surface area contributed by atoms with Crippen LogP contribution in [0.5, 0.6) is 0 Å². The fourth-order valence-corrected chi connectivity index (χ4v) is 1.65. The molecule has 0 aliphatic heterocycles. The predicted molar refractivity (Wildman–Crippen MR) is 73.3 cm³/mol. The van der Waals surface area contributed by atoms with Crippen molar-refractivity contribution >= 4 is 29.1 Å². The molecule has 0 spiro atoms. The first-order chi connectivity index (χ1) is 9.84. The molecule has 2 N–H and O–H groups in total. The third-order valence-electron chi connectivity index (χ3n) is 2.43. The van der Waals surface area contributed by atoms with Crippen LogP contribution in [0, 0.1) is 0 Å². The Morgan fingerprint density at radius 1 is 1.10 bits per heavy atom. The van der Waals surface area contributed by atoms with Gasteiger partial charge in [0.15, 0.2) is 0 Å². The number of hydrogen-bond acceptors (Lipinski definition) is 2. The SMILES string of the molecule is O=C(Nc1ccc(C(F)(F)F)cc1)Nc1cc(Cl)ccn1. The number of nitrogens with one attached hydrogen (secondary N) is 2. The molecule has 0 saturated carbocycles. The summed E-state index contributed by atoms with van der Waals surface area (Å²) in [5.74, 6) is 0.229. The Morgan fingerprint density at radius 2 is 1.76 bits per heavy atom. The molecule has 1 aromatic carbocycles. The fourth-order valence-electron chi connectivity index (χ4n) is 1.49. The lowest BCUT2D eigenvalue weighted by atomic mass is 10.2. The van der Waals surface area contributed by atoms with Gasteiger partial charge in [-0.3, -0.25) is 5.32 Å². The second kappa shape index (κ2) is 6.01. The number of halogens is 4. The Balaban J connectivity index is 2.00. The topological polar surface area (TPSA) is 54.0 Å². The van der Waals surface area contributed by atoms with Crippen LogP contribution in [-0.2, 0) is 6.18 Å². The Labute approximate surface area is 122 Å². The van der Waals surface area contributed by atoms with Crippen LogP contribution in [0.15, 0.2) is 42.6 Å². The molecule has 1 aromatic heterocycles. The smallest absolute Gasteiger partial charge is 0.308 e. The van der Waals surface area contributed by atoms with Gasteiger partial charge in [0, 0.05) is 16.9 Å². The zero-order valence-electron chi connectivity index (χ0n) is 10.4. The molecular formula is C13H9ClF3N3O. The summed E-state index contributed by atoms with van der Waals surface area (Å²) in [4.78, 5) is 15.5. The maximum atomic E-state index is 12.4.